The van der Waals surface area contributed by atoms with E-state index in [4.69, 9.17) is 33.2 Å². The van der Waals surface area contributed by atoms with E-state index in [9.17, 15) is 9.59 Å². The summed E-state index contributed by atoms with van der Waals surface area (Å²) >= 11 is 0.187. The Bertz CT molecular complexity index is 1380. The van der Waals surface area contributed by atoms with Crippen molar-refractivity contribution in [3.8, 4) is 0 Å². The standard InChI is InChI=1S/C37H49NO9Se/c1-8-15-28-36(4,5)31(41-6)29-30(45-28)34(44-22-43-29)38-33(39)32(46-35(40)25-16-11-9-12-17-25)37(42-7)20-26(23(2)24(3)47-37)21-48-27-18-13-10-14-19-27/h8-14,16-19,23-24,26,28-32,34H,1,15,20-22H2,2-7H3,(H,38,39)/t23-,24+,26-,28+,29-,30-,31+,32-,34-,37+/m0/s1. The quantitative estimate of drug-likeness (QED) is 0.195. The molecule has 262 valence electrons. The number of hydrogen-bond acceptors (Lipinski definition) is 9. The average Bonchev–Trinajstić information content (AvgIpc) is 3.09. The van der Waals surface area contributed by atoms with Crippen LogP contribution in [-0.2, 0) is 38.0 Å². The van der Waals surface area contributed by atoms with E-state index in [1.165, 1.54) is 11.6 Å². The number of ether oxygens (including phenoxy) is 7. The van der Waals surface area contributed by atoms with Gasteiger partial charge in [-0.1, -0.05) is 19.9 Å². The van der Waals surface area contributed by atoms with Gasteiger partial charge in [-0.2, -0.15) is 0 Å². The van der Waals surface area contributed by atoms with Gasteiger partial charge < -0.3 is 0 Å². The number of nitrogens with one attached hydrogen (secondary N) is 1. The monoisotopic (exact) mass is 731 g/mol. The van der Waals surface area contributed by atoms with Gasteiger partial charge in [-0.25, -0.2) is 0 Å². The third-order valence-electron chi connectivity index (χ3n) is 10.1. The zero-order valence-corrected chi connectivity index (χ0v) is 30.4. The second-order valence-corrected chi connectivity index (χ2v) is 15.7. The Hall–Kier alpha value is -2.60. The number of amides is 1. The van der Waals surface area contributed by atoms with Crippen molar-refractivity contribution >= 4 is 31.3 Å². The number of carbonyl (C=O) groups is 2. The topological polar surface area (TPSA) is 111 Å². The molecule has 0 saturated carbocycles. The van der Waals surface area contributed by atoms with Crippen molar-refractivity contribution in [3.05, 3.63) is 78.9 Å². The molecule has 0 aromatic heterocycles. The molecule has 0 spiro atoms. The Morgan fingerprint density at radius 3 is 2.38 bits per heavy atom. The second-order valence-electron chi connectivity index (χ2n) is 13.4. The molecule has 3 aliphatic heterocycles. The molecule has 10 nitrogen and oxygen atoms in total. The molecule has 0 aliphatic carbocycles. The first kappa shape index (κ1) is 36.7. The second kappa shape index (κ2) is 16.0. The van der Waals surface area contributed by atoms with E-state index in [0.717, 1.165) is 5.32 Å². The van der Waals surface area contributed by atoms with Crippen LogP contribution in [0.15, 0.2) is 73.3 Å². The summed E-state index contributed by atoms with van der Waals surface area (Å²) in [6, 6.07) is 18.9. The molecule has 3 fully saturated rings. The first-order valence-electron chi connectivity index (χ1n) is 16.5. The molecule has 3 heterocycles. The first-order chi connectivity index (χ1) is 23.0. The van der Waals surface area contributed by atoms with E-state index < -0.39 is 47.6 Å². The minimum Gasteiger partial charge on any atom is -0.0548 e. The SMILES string of the molecule is C=CC[C@H]1O[C@H]2[C@H](OCO[C@@H]2NC(=O)[C@H](OC(=O)c2ccccc2)[C@@]2(OC)C[C@@H](C[Se]c3ccccc3)[C@@H](C)[C@@H](C)O2)[C@@H](OC)C1(C)C. The van der Waals surface area contributed by atoms with Crippen LogP contribution in [0.2, 0.25) is 5.32 Å². The van der Waals surface area contributed by atoms with Crippen molar-refractivity contribution in [2.24, 2.45) is 17.3 Å². The number of benzene rings is 2. The molecule has 1 amide bonds. The Balaban J connectivity index is 1.44. The minimum absolute atomic E-state index is 0.0872. The fourth-order valence-electron chi connectivity index (χ4n) is 7.06. The van der Waals surface area contributed by atoms with Gasteiger partial charge in [0.1, 0.15) is 0 Å². The number of rotatable bonds is 12. The van der Waals surface area contributed by atoms with E-state index in [1.807, 2.05) is 25.1 Å². The van der Waals surface area contributed by atoms with Gasteiger partial charge >= 0.3 is 257 Å². The number of carbonyl (C=O) groups excluding carboxylic acids is 2. The normalized spacial score (nSPS) is 33.5. The summed E-state index contributed by atoms with van der Waals surface area (Å²) in [4.78, 5) is 28.1. The Morgan fingerprint density at radius 1 is 1.04 bits per heavy atom. The molecule has 1 N–H and O–H groups in total. The van der Waals surface area contributed by atoms with Crippen LogP contribution in [0.4, 0.5) is 0 Å². The molecular formula is C37H49NO9Se. The fourth-order valence-corrected chi connectivity index (χ4v) is 9.53. The third kappa shape index (κ3) is 7.74. The van der Waals surface area contributed by atoms with Crippen LogP contribution in [0.1, 0.15) is 50.9 Å². The summed E-state index contributed by atoms with van der Waals surface area (Å²) < 4.78 is 44.6. The van der Waals surface area contributed by atoms with Gasteiger partial charge in [0.2, 0.25) is 0 Å². The molecule has 2 aromatic rings. The predicted octanol–water partition coefficient (Wildman–Crippen LogP) is 4.26. The van der Waals surface area contributed by atoms with Crippen LogP contribution in [0, 0.1) is 17.3 Å². The van der Waals surface area contributed by atoms with E-state index in [0.29, 0.717) is 18.4 Å². The Morgan fingerprint density at radius 2 is 1.73 bits per heavy atom. The number of methoxy groups -OCH3 is 2. The summed E-state index contributed by atoms with van der Waals surface area (Å²) in [6.07, 6.45) is -1.82. The zero-order chi connectivity index (χ0) is 34.5. The van der Waals surface area contributed by atoms with Gasteiger partial charge in [0, 0.05) is 7.11 Å². The molecule has 0 bridgehead atoms. The number of esters is 1. The van der Waals surface area contributed by atoms with Gasteiger partial charge in [0.05, 0.1) is 0 Å². The van der Waals surface area contributed by atoms with Gasteiger partial charge in [0.15, 0.2) is 0 Å². The Kier molecular flexibility index (Phi) is 12.2. The van der Waals surface area contributed by atoms with Crippen molar-refractivity contribution in [2.75, 3.05) is 21.0 Å². The number of fused-ring (bicyclic) bond motifs is 1. The summed E-state index contributed by atoms with van der Waals surface area (Å²) in [5.74, 6) is -2.53. The van der Waals surface area contributed by atoms with Gasteiger partial charge in [-0.3, -0.25) is 0 Å². The first-order valence-corrected chi connectivity index (χ1v) is 18.6. The van der Waals surface area contributed by atoms with Crippen molar-refractivity contribution < 1.29 is 42.7 Å². The van der Waals surface area contributed by atoms with Gasteiger partial charge in [0.25, 0.3) is 0 Å². The molecule has 3 saturated heterocycles. The van der Waals surface area contributed by atoms with E-state index >= 15 is 0 Å². The summed E-state index contributed by atoms with van der Waals surface area (Å²) in [7, 11) is 3.14. The smallest absolute Gasteiger partial charge is 0.0548 e. The predicted molar refractivity (Wildman–Crippen MR) is 181 cm³/mol. The van der Waals surface area contributed by atoms with Crippen molar-refractivity contribution in [1.82, 2.24) is 5.32 Å². The third-order valence-corrected chi connectivity index (χ3v) is 12.6. The van der Waals surface area contributed by atoms with E-state index in [-0.39, 0.29) is 51.9 Å². The van der Waals surface area contributed by atoms with Crippen LogP contribution in [-0.4, -0.2) is 96.5 Å². The molecule has 11 heteroatoms. The average molecular weight is 731 g/mol. The molecule has 0 radical (unpaired) electrons. The summed E-state index contributed by atoms with van der Waals surface area (Å²) in [5.41, 5.74) is -0.110. The van der Waals surface area contributed by atoms with Crippen LogP contribution < -0.4 is 9.78 Å². The molecule has 2 aromatic carbocycles. The van der Waals surface area contributed by atoms with Crippen LogP contribution in [0.5, 0.6) is 0 Å². The van der Waals surface area contributed by atoms with Crippen LogP contribution >= 0.6 is 0 Å². The molecule has 10 atom stereocenters. The molecule has 48 heavy (non-hydrogen) atoms. The van der Waals surface area contributed by atoms with Crippen LogP contribution in [0.25, 0.3) is 0 Å². The van der Waals surface area contributed by atoms with E-state index in [1.54, 1.807) is 43.5 Å². The molecular weight excluding hydrogens is 681 g/mol. The van der Waals surface area contributed by atoms with Crippen molar-refractivity contribution in [1.29, 1.82) is 0 Å². The Labute approximate surface area is 290 Å². The number of hydrogen-bond donors (Lipinski definition) is 1. The van der Waals surface area contributed by atoms with Crippen LogP contribution in [0.3, 0.4) is 0 Å². The van der Waals surface area contributed by atoms with E-state index in [2.05, 4.69) is 44.8 Å². The summed E-state index contributed by atoms with van der Waals surface area (Å²) in [5, 5.41) is 3.88. The maximum absolute atomic E-state index is 14.5. The zero-order valence-electron chi connectivity index (χ0n) is 28.7. The van der Waals surface area contributed by atoms with Gasteiger partial charge in [-0.05, 0) is 0 Å². The molecule has 5 rings (SSSR count). The minimum atomic E-state index is -1.56. The maximum atomic E-state index is 14.5. The molecule has 3 aliphatic rings. The van der Waals surface area contributed by atoms with Crippen molar-refractivity contribution in [3.63, 3.8) is 0 Å². The fraction of sp³-hybridized carbons (Fsp3) is 0.568. The van der Waals surface area contributed by atoms with Gasteiger partial charge in [-0.15, -0.1) is 6.58 Å². The summed E-state index contributed by atoms with van der Waals surface area (Å²) in [6.45, 7) is 12.1. The molecule has 0 unspecified atom stereocenters. The van der Waals surface area contributed by atoms with Crippen molar-refractivity contribution in [2.45, 2.75) is 94.5 Å².